The number of fused-ring (bicyclic) bond motifs is 1. The molecule has 1 aliphatic heterocycles. The summed E-state index contributed by atoms with van der Waals surface area (Å²) in [6.45, 7) is 2.79. The zero-order valence-corrected chi connectivity index (χ0v) is 15.2. The van der Waals surface area contributed by atoms with Crippen LogP contribution in [0, 0.1) is 0 Å². The van der Waals surface area contributed by atoms with Crippen LogP contribution in [0.5, 0.6) is 11.5 Å². The zero-order chi connectivity index (χ0) is 18.6. The number of nitrogens with one attached hydrogen (secondary N) is 1. The quantitative estimate of drug-likeness (QED) is 0.670. The van der Waals surface area contributed by atoms with E-state index in [1.807, 2.05) is 6.07 Å². The van der Waals surface area contributed by atoms with Gasteiger partial charge in [-0.15, -0.1) is 10.2 Å². The maximum absolute atomic E-state index is 12.5. The van der Waals surface area contributed by atoms with Crippen molar-refractivity contribution in [2.45, 2.75) is 17.4 Å². The summed E-state index contributed by atoms with van der Waals surface area (Å²) in [5.74, 6) is 1.48. The number of nitrogens with zero attached hydrogens (tertiary/aromatic N) is 3. The van der Waals surface area contributed by atoms with Gasteiger partial charge < -0.3 is 19.2 Å². The number of aromatic nitrogens is 3. The molecule has 0 bridgehead atoms. The minimum Gasteiger partial charge on any atom is -0.486 e. The summed E-state index contributed by atoms with van der Waals surface area (Å²) in [6.07, 6.45) is 3.31. The third-order valence-corrected chi connectivity index (χ3v) is 4.71. The number of anilines is 1. The molecule has 8 nitrogen and oxygen atoms in total. The van der Waals surface area contributed by atoms with Crippen LogP contribution in [0.1, 0.15) is 6.92 Å². The molecule has 4 rings (SSSR count). The highest BCUT2D eigenvalue weighted by molar-refractivity contribution is 8.00. The SMILES string of the molecule is CC(Sc1nnc(-c2cccnc2)o1)C(=O)Nc1ccc2c(c1)OCCO2. The molecule has 2 aromatic heterocycles. The Morgan fingerprint density at radius 2 is 2.04 bits per heavy atom. The maximum Gasteiger partial charge on any atom is 0.277 e. The van der Waals surface area contributed by atoms with Gasteiger partial charge in [0.15, 0.2) is 11.5 Å². The Morgan fingerprint density at radius 3 is 2.85 bits per heavy atom. The number of ether oxygens (including phenoxy) is 2. The first kappa shape index (κ1) is 17.3. The molecule has 138 valence electrons. The van der Waals surface area contributed by atoms with E-state index in [1.165, 1.54) is 11.8 Å². The molecule has 0 saturated heterocycles. The number of benzene rings is 1. The lowest BCUT2D eigenvalue weighted by Crippen LogP contribution is -2.22. The number of carbonyl (C=O) groups excluding carboxylic acids is 1. The number of thioether (sulfide) groups is 1. The number of hydrogen-bond donors (Lipinski definition) is 1. The standard InChI is InChI=1S/C18H16N4O4S/c1-11(27-18-22-21-17(26-18)12-3-2-6-19-10-12)16(23)20-13-4-5-14-15(9-13)25-8-7-24-14/h2-6,9-11H,7-8H2,1H3,(H,20,23). The molecule has 3 heterocycles. The van der Waals surface area contributed by atoms with E-state index in [0.29, 0.717) is 41.5 Å². The lowest BCUT2D eigenvalue weighted by molar-refractivity contribution is -0.115. The van der Waals surface area contributed by atoms with Crippen LogP contribution in [0.2, 0.25) is 0 Å². The van der Waals surface area contributed by atoms with Gasteiger partial charge in [0.2, 0.25) is 11.8 Å². The van der Waals surface area contributed by atoms with Crippen molar-refractivity contribution in [2.75, 3.05) is 18.5 Å². The van der Waals surface area contributed by atoms with Gasteiger partial charge in [-0.1, -0.05) is 11.8 Å². The van der Waals surface area contributed by atoms with Gasteiger partial charge in [-0.05, 0) is 31.2 Å². The van der Waals surface area contributed by atoms with Crippen molar-refractivity contribution < 1.29 is 18.7 Å². The number of carbonyl (C=O) groups is 1. The smallest absolute Gasteiger partial charge is 0.277 e. The van der Waals surface area contributed by atoms with Crippen molar-refractivity contribution in [1.82, 2.24) is 15.2 Å². The molecule has 1 unspecified atom stereocenters. The summed E-state index contributed by atoms with van der Waals surface area (Å²) in [5, 5.41) is 10.7. The average Bonchev–Trinajstić information content (AvgIpc) is 3.17. The summed E-state index contributed by atoms with van der Waals surface area (Å²) in [5.41, 5.74) is 1.36. The maximum atomic E-state index is 12.5. The Morgan fingerprint density at radius 1 is 1.19 bits per heavy atom. The van der Waals surface area contributed by atoms with Crippen LogP contribution < -0.4 is 14.8 Å². The van der Waals surface area contributed by atoms with E-state index in [4.69, 9.17) is 13.9 Å². The van der Waals surface area contributed by atoms with E-state index in [1.54, 1.807) is 43.6 Å². The molecule has 9 heteroatoms. The molecule has 0 fully saturated rings. The monoisotopic (exact) mass is 384 g/mol. The van der Waals surface area contributed by atoms with E-state index >= 15 is 0 Å². The molecule has 0 saturated carbocycles. The molecule has 0 spiro atoms. The average molecular weight is 384 g/mol. The van der Waals surface area contributed by atoms with Gasteiger partial charge in [0, 0.05) is 24.1 Å². The van der Waals surface area contributed by atoms with Crippen LogP contribution in [-0.2, 0) is 4.79 Å². The lowest BCUT2D eigenvalue weighted by Gasteiger charge is -2.19. The minimum absolute atomic E-state index is 0.183. The summed E-state index contributed by atoms with van der Waals surface area (Å²) in [6, 6.07) is 8.91. The highest BCUT2D eigenvalue weighted by atomic mass is 32.2. The van der Waals surface area contributed by atoms with Crippen molar-refractivity contribution in [1.29, 1.82) is 0 Å². The summed E-state index contributed by atoms with van der Waals surface area (Å²) in [7, 11) is 0. The van der Waals surface area contributed by atoms with Gasteiger partial charge >= 0.3 is 0 Å². The Bertz CT molecular complexity index is 948. The molecule has 27 heavy (non-hydrogen) atoms. The molecule has 1 atom stereocenters. The van der Waals surface area contributed by atoms with E-state index in [2.05, 4.69) is 20.5 Å². The normalized spacial score (nSPS) is 13.8. The fraction of sp³-hybridized carbons (Fsp3) is 0.222. The molecular formula is C18H16N4O4S. The van der Waals surface area contributed by atoms with E-state index < -0.39 is 5.25 Å². The first-order valence-corrected chi connectivity index (χ1v) is 9.18. The third-order valence-electron chi connectivity index (χ3n) is 3.77. The van der Waals surface area contributed by atoms with Crippen LogP contribution in [0.4, 0.5) is 5.69 Å². The molecule has 1 aromatic carbocycles. The summed E-state index contributed by atoms with van der Waals surface area (Å²) in [4.78, 5) is 16.5. The molecule has 0 radical (unpaired) electrons. The Labute approximate surface area is 159 Å². The first-order valence-electron chi connectivity index (χ1n) is 8.30. The Kier molecular flexibility index (Phi) is 4.93. The second-order valence-electron chi connectivity index (χ2n) is 5.72. The first-order chi connectivity index (χ1) is 13.2. The van der Waals surface area contributed by atoms with Gasteiger partial charge in [-0.25, -0.2) is 0 Å². The van der Waals surface area contributed by atoms with Gasteiger partial charge in [0.1, 0.15) is 13.2 Å². The largest absolute Gasteiger partial charge is 0.486 e. The zero-order valence-electron chi connectivity index (χ0n) is 14.4. The van der Waals surface area contributed by atoms with Crippen LogP contribution in [0.25, 0.3) is 11.5 Å². The highest BCUT2D eigenvalue weighted by Gasteiger charge is 2.20. The summed E-state index contributed by atoms with van der Waals surface area (Å²) >= 11 is 1.19. The molecule has 1 amide bonds. The molecule has 0 aliphatic carbocycles. The van der Waals surface area contributed by atoms with Crippen LogP contribution in [-0.4, -0.2) is 39.6 Å². The molecule has 3 aromatic rings. The third kappa shape index (κ3) is 4.03. The Balaban J connectivity index is 1.39. The van der Waals surface area contributed by atoms with Gasteiger partial charge in [0.25, 0.3) is 5.22 Å². The fourth-order valence-corrected chi connectivity index (χ4v) is 3.12. The van der Waals surface area contributed by atoms with Gasteiger partial charge in [-0.3, -0.25) is 9.78 Å². The van der Waals surface area contributed by atoms with Crippen LogP contribution in [0.3, 0.4) is 0 Å². The minimum atomic E-state index is -0.430. The van der Waals surface area contributed by atoms with E-state index in [9.17, 15) is 4.79 Å². The predicted molar refractivity (Wildman–Crippen MR) is 98.9 cm³/mol. The second kappa shape index (κ2) is 7.67. The van der Waals surface area contributed by atoms with Crippen molar-refractivity contribution in [2.24, 2.45) is 0 Å². The van der Waals surface area contributed by atoms with Crippen molar-refractivity contribution in [3.8, 4) is 23.0 Å². The second-order valence-corrected chi connectivity index (χ2v) is 7.01. The number of pyridine rings is 1. The van der Waals surface area contributed by atoms with Gasteiger partial charge in [0.05, 0.1) is 10.8 Å². The Hall–Kier alpha value is -3.07. The molecular weight excluding hydrogens is 368 g/mol. The van der Waals surface area contributed by atoms with Crippen molar-refractivity contribution in [3.63, 3.8) is 0 Å². The van der Waals surface area contributed by atoms with Crippen LogP contribution in [0.15, 0.2) is 52.4 Å². The van der Waals surface area contributed by atoms with Crippen LogP contribution >= 0.6 is 11.8 Å². The lowest BCUT2D eigenvalue weighted by atomic mass is 10.2. The molecule has 1 N–H and O–H groups in total. The number of amides is 1. The van der Waals surface area contributed by atoms with Gasteiger partial charge in [-0.2, -0.15) is 0 Å². The van der Waals surface area contributed by atoms with Crippen molar-refractivity contribution >= 4 is 23.4 Å². The van der Waals surface area contributed by atoms with E-state index in [-0.39, 0.29) is 5.91 Å². The van der Waals surface area contributed by atoms with E-state index in [0.717, 1.165) is 5.56 Å². The topological polar surface area (TPSA) is 99.4 Å². The summed E-state index contributed by atoms with van der Waals surface area (Å²) < 4.78 is 16.6. The number of rotatable bonds is 5. The fourth-order valence-electron chi connectivity index (χ4n) is 2.43. The predicted octanol–water partition coefficient (Wildman–Crippen LogP) is 3.02. The highest BCUT2D eigenvalue weighted by Crippen LogP contribution is 2.33. The molecule has 1 aliphatic rings. The van der Waals surface area contributed by atoms with Crippen molar-refractivity contribution in [3.05, 3.63) is 42.7 Å². The number of hydrogen-bond acceptors (Lipinski definition) is 8.